The van der Waals surface area contributed by atoms with E-state index in [1.54, 1.807) is 30.5 Å². The molecule has 110 valence electrons. The van der Waals surface area contributed by atoms with Crippen LogP contribution >= 0.6 is 0 Å². The molecule has 1 saturated heterocycles. The van der Waals surface area contributed by atoms with Gasteiger partial charge in [-0.3, -0.25) is 4.98 Å². The molecule has 2 heterocycles. The normalized spacial score (nSPS) is 16.6. The average molecular weight is 304 g/mol. The molecule has 0 saturated carbocycles. The van der Waals surface area contributed by atoms with Gasteiger partial charge in [0.1, 0.15) is 0 Å². The number of pyridine rings is 1. The number of aromatic nitrogens is 1. The van der Waals surface area contributed by atoms with Crippen LogP contribution in [0.5, 0.6) is 0 Å². The first-order chi connectivity index (χ1) is 10.1. The minimum absolute atomic E-state index is 0.0324. The van der Waals surface area contributed by atoms with Crippen molar-refractivity contribution in [2.75, 3.05) is 19.7 Å². The minimum atomic E-state index is -3.44. The highest BCUT2D eigenvalue weighted by Crippen LogP contribution is 2.26. The van der Waals surface area contributed by atoms with E-state index in [1.165, 1.54) is 4.31 Å². The van der Waals surface area contributed by atoms with Crippen LogP contribution in [0.1, 0.15) is 0 Å². The third kappa shape index (κ3) is 2.70. The van der Waals surface area contributed by atoms with Crippen molar-refractivity contribution in [2.24, 2.45) is 5.92 Å². The number of sulfonamides is 1. The first-order valence-electron chi connectivity index (χ1n) is 6.74. The van der Waals surface area contributed by atoms with Crippen LogP contribution in [0.3, 0.4) is 0 Å². The molecule has 1 fully saturated rings. The highest BCUT2D eigenvalue weighted by atomic mass is 32.2. The molecule has 1 N–H and O–H groups in total. The highest BCUT2D eigenvalue weighted by Gasteiger charge is 2.36. The smallest absolute Gasteiger partial charge is 0.243 e. The van der Waals surface area contributed by atoms with E-state index in [1.807, 2.05) is 18.2 Å². The van der Waals surface area contributed by atoms with Crippen LogP contribution in [-0.4, -0.2) is 42.5 Å². The Morgan fingerprint density at radius 3 is 2.43 bits per heavy atom. The molecule has 0 amide bonds. The SMILES string of the molecule is O=S(=O)(c1ccc(-c2ccccn2)cc1)N1CC(CO)C1. The fourth-order valence-corrected chi connectivity index (χ4v) is 3.91. The van der Waals surface area contributed by atoms with Gasteiger partial charge in [-0.15, -0.1) is 0 Å². The van der Waals surface area contributed by atoms with Crippen molar-refractivity contribution < 1.29 is 13.5 Å². The maximum Gasteiger partial charge on any atom is 0.243 e. The van der Waals surface area contributed by atoms with Gasteiger partial charge in [0.15, 0.2) is 0 Å². The van der Waals surface area contributed by atoms with Gasteiger partial charge in [0, 0.05) is 37.4 Å². The van der Waals surface area contributed by atoms with Crippen LogP contribution in [0.4, 0.5) is 0 Å². The van der Waals surface area contributed by atoms with Gasteiger partial charge in [0.05, 0.1) is 10.6 Å². The van der Waals surface area contributed by atoms with E-state index in [2.05, 4.69) is 4.98 Å². The van der Waals surface area contributed by atoms with E-state index in [-0.39, 0.29) is 17.4 Å². The van der Waals surface area contributed by atoms with Gasteiger partial charge in [0.25, 0.3) is 0 Å². The molecule has 1 aliphatic heterocycles. The number of rotatable bonds is 4. The Bertz CT molecular complexity index is 708. The summed E-state index contributed by atoms with van der Waals surface area (Å²) in [6.45, 7) is 0.812. The number of benzene rings is 1. The number of aliphatic hydroxyl groups excluding tert-OH is 1. The summed E-state index contributed by atoms with van der Waals surface area (Å²) in [6, 6.07) is 12.3. The molecule has 2 aromatic rings. The molecule has 0 radical (unpaired) electrons. The molecule has 1 aliphatic rings. The molecule has 0 spiro atoms. The van der Waals surface area contributed by atoms with Gasteiger partial charge >= 0.3 is 0 Å². The zero-order valence-electron chi connectivity index (χ0n) is 11.4. The predicted octanol–water partition coefficient (Wildman–Crippen LogP) is 1.36. The molecule has 0 unspecified atom stereocenters. The lowest BCUT2D eigenvalue weighted by atomic mass is 10.1. The highest BCUT2D eigenvalue weighted by molar-refractivity contribution is 7.89. The average Bonchev–Trinajstić information content (AvgIpc) is 2.47. The van der Waals surface area contributed by atoms with Crippen molar-refractivity contribution in [3.63, 3.8) is 0 Å². The van der Waals surface area contributed by atoms with E-state index >= 15 is 0 Å². The summed E-state index contributed by atoms with van der Waals surface area (Å²) in [6.07, 6.45) is 1.70. The third-order valence-corrected chi connectivity index (χ3v) is 5.48. The summed E-state index contributed by atoms with van der Waals surface area (Å²) in [5, 5.41) is 8.97. The maximum atomic E-state index is 12.4. The molecule has 1 aromatic heterocycles. The van der Waals surface area contributed by atoms with E-state index in [4.69, 9.17) is 5.11 Å². The lowest BCUT2D eigenvalue weighted by molar-refractivity contribution is 0.117. The molecule has 0 bridgehead atoms. The monoisotopic (exact) mass is 304 g/mol. The second-order valence-electron chi connectivity index (χ2n) is 5.11. The Morgan fingerprint density at radius 1 is 1.14 bits per heavy atom. The van der Waals surface area contributed by atoms with Gasteiger partial charge in [-0.1, -0.05) is 18.2 Å². The molecule has 6 heteroatoms. The quantitative estimate of drug-likeness (QED) is 0.926. The fourth-order valence-electron chi connectivity index (χ4n) is 2.31. The van der Waals surface area contributed by atoms with E-state index in [0.717, 1.165) is 11.3 Å². The second-order valence-corrected chi connectivity index (χ2v) is 7.05. The molecule has 3 rings (SSSR count). The van der Waals surface area contributed by atoms with Gasteiger partial charge in [0.2, 0.25) is 10.0 Å². The van der Waals surface area contributed by atoms with Crippen LogP contribution < -0.4 is 0 Å². The van der Waals surface area contributed by atoms with Crippen LogP contribution in [0.15, 0.2) is 53.6 Å². The number of nitrogens with zero attached hydrogens (tertiary/aromatic N) is 2. The van der Waals surface area contributed by atoms with Crippen molar-refractivity contribution in [3.8, 4) is 11.3 Å². The Labute approximate surface area is 123 Å². The summed E-state index contributed by atoms with van der Waals surface area (Å²) >= 11 is 0. The Morgan fingerprint density at radius 2 is 1.86 bits per heavy atom. The van der Waals surface area contributed by atoms with Crippen molar-refractivity contribution in [1.82, 2.24) is 9.29 Å². The topological polar surface area (TPSA) is 70.5 Å². The van der Waals surface area contributed by atoms with Crippen LogP contribution in [0.25, 0.3) is 11.3 Å². The molecule has 21 heavy (non-hydrogen) atoms. The van der Waals surface area contributed by atoms with Crippen molar-refractivity contribution in [1.29, 1.82) is 0 Å². The summed E-state index contributed by atoms with van der Waals surface area (Å²) in [5.74, 6) is 0.0626. The predicted molar refractivity (Wildman–Crippen MR) is 79.0 cm³/mol. The molecule has 5 nitrogen and oxygen atoms in total. The van der Waals surface area contributed by atoms with Crippen molar-refractivity contribution in [2.45, 2.75) is 4.90 Å². The van der Waals surface area contributed by atoms with Gasteiger partial charge < -0.3 is 5.11 Å². The zero-order valence-corrected chi connectivity index (χ0v) is 12.2. The molecule has 0 atom stereocenters. The van der Waals surface area contributed by atoms with Gasteiger partial charge in [-0.2, -0.15) is 4.31 Å². The second kappa shape index (κ2) is 5.55. The van der Waals surface area contributed by atoms with E-state index in [0.29, 0.717) is 13.1 Å². The van der Waals surface area contributed by atoms with Crippen molar-refractivity contribution >= 4 is 10.0 Å². The fraction of sp³-hybridized carbons (Fsp3) is 0.267. The van der Waals surface area contributed by atoms with Crippen LogP contribution in [0.2, 0.25) is 0 Å². The lowest BCUT2D eigenvalue weighted by Gasteiger charge is -2.36. The summed E-state index contributed by atoms with van der Waals surface area (Å²) < 4.78 is 26.1. The molecule has 0 aliphatic carbocycles. The first kappa shape index (κ1) is 14.2. The van der Waals surface area contributed by atoms with Gasteiger partial charge in [-0.25, -0.2) is 8.42 Å². The Balaban J connectivity index is 1.81. The maximum absolute atomic E-state index is 12.4. The summed E-state index contributed by atoms with van der Waals surface area (Å²) in [7, 11) is -3.44. The van der Waals surface area contributed by atoms with E-state index in [9.17, 15) is 8.42 Å². The number of hydrogen-bond donors (Lipinski definition) is 1. The molecular weight excluding hydrogens is 288 g/mol. The first-order valence-corrected chi connectivity index (χ1v) is 8.18. The summed E-state index contributed by atoms with van der Waals surface area (Å²) in [5.41, 5.74) is 1.69. The minimum Gasteiger partial charge on any atom is -0.396 e. The molecular formula is C15H16N2O3S. The number of hydrogen-bond acceptors (Lipinski definition) is 4. The lowest BCUT2D eigenvalue weighted by Crippen LogP contribution is -2.51. The van der Waals surface area contributed by atoms with Crippen molar-refractivity contribution in [3.05, 3.63) is 48.7 Å². The third-order valence-electron chi connectivity index (χ3n) is 3.63. The van der Waals surface area contributed by atoms with Crippen LogP contribution in [0, 0.1) is 5.92 Å². The van der Waals surface area contributed by atoms with E-state index < -0.39 is 10.0 Å². The standard InChI is InChI=1S/C15H16N2O3S/c18-11-12-9-17(10-12)21(19,20)14-6-4-13(5-7-14)15-3-1-2-8-16-15/h1-8,12,18H,9-11H2. The zero-order chi connectivity index (χ0) is 14.9. The largest absolute Gasteiger partial charge is 0.396 e. The van der Waals surface area contributed by atoms with Gasteiger partial charge in [-0.05, 0) is 24.3 Å². The van der Waals surface area contributed by atoms with Crippen LogP contribution in [-0.2, 0) is 10.0 Å². The Kier molecular flexibility index (Phi) is 3.75. The summed E-state index contributed by atoms with van der Waals surface area (Å²) in [4.78, 5) is 4.51. The molecule has 1 aromatic carbocycles. The Hall–Kier alpha value is -1.76. The number of aliphatic hydroxyl groups is 1.